The van der Waals surface area contributed by atoms with E-state index in [4.69, 9.17) is 5.73 Å². The van der Waals surface area contributed by atoms with E-state index in [-0.39, 0.29) is 36.6 Å². The molecule has 3 atom stereocenters. The molecular formula is C29H37N7O4. The van der Waals surface area contributed by atoms with E-state index < -0.39 is 23.9 Å². The third kappa shape index (κ3) is 5.89. The number of piperidine rings is 2. The van der Waals surface area contributed by atoms with Gasteiger partial charge in [-0.1, -0.05) is 18.2 Å². The molecule has 6 N–H and O–H groups in total. The number of fused-ring (bicyclic) bond motifs is 1. The van der Waals surface area contributed by atoms with Gasteiger partial charge in [0.2, 0.25) is 17.7 Å². The van der Waals surface area contributed by atoms with E-state index in [0.717, 1.165) is 42.4 Å². The monoisotopic (exact) mass is 547 g/mol. The maximum absolute atomic E-state index is 13.8. The lowest BCUT2D eigenvalue weighted by atomic mass is 9.92. The molecule has 1 aromatic carbocycles. The first-order chi connectivity index (χ1) is 19.3. The van der Waals surface area contributed by atoms with Crippen molar-refractivity contribution in [1.29, 1.82) is 0 Å². The molecule has 2 aromatic heterocycles. The number of rotatable bonds is 8. The Kier molecular flexibility index (Phi) is 8.20. The lowest BCUT2D eigenvalue weighted by Gasteiger charge is -2.39. The second-order valence-corrected chi connectivity index (χ2v) is 10.8. The highest BCUT2D eigenvalue weighted by Crippen LogP contribution is 2.23. The van der Waals surface area contributed by atoms with Crippen LogP contribution in [0.25, 0.3) is 10.9 Å². The summed E-state index contributed by atoms with van der Waals surface area (Å²) in [6.07, 6.45) is 6.12. The molecule has 4 heterocycles. The highest BCUT2D eigenvalue weighted by Gasteiger charge is 2.39. The maximum Gasteiger partial charge on any atom is 0.271 e. The molecule has 0 aliphatic carbocycles. The van der Waals surface area contributed by atoms with Gasteiger partial charge in [-0.25, -0.2) is 0 Å². The summed E-state index contributed by atoms with van der Waals surface area (Å²) >= 11 is 0. The Balaban J connectivity index is 1.34. The van der Waals surface area contributed by atoms with Crippen LogP contribution in [0.15, 0.2) is 48.8 Å². The molecule has 0 bridgehead atoms. The van der Waals surface area contributed by atoms with Gasteiger partial charge >= 0.3 is 0 Å². The summed E-state index contributed by atoms with van der Waals surface area (Å²) < 4.78 is 1.71. The Morgan fingerprint density at radius 2 is 1.82 bits per heavy atom. The van der Waals surface area contributed by atoms with E-state index in [2.05, 4.69) is 20.9 Å². The molecule has 212 valence electrons. The fraction of sp³-hybridized carbons (Fsp3) is 0.448. The Bertz CT molecular complexity index is 1390. The van der Waals surface area contributed by atoms with Gasteiger partial charge in [0.1, 0.15) is 17.8 Å². The number of benzene rings is 1. The van der Waals surface area contributed by atoms with Crippen LogP contribution in [0.2, 0.25) is 0 Å². The number of hydrogen-bond donors (Lipinski definition) is 5. The number of carbonyl (C=O) groups excluding carboxylic acids is 4. The Hall–Kier alpha value is -4.12. The van der Waals surface area contributed by atoms with Crippen molar-refractivity contribution in [2.45, 2.75) is 50.2 Å². The van der Waals surface area contributed by atoms with Gasteiger partial charge in [-0.05, 0) is 62.5 Å². The number of aryl methyl sites for hydroxylation is 1. The zero-order valence-corrected chi connectivity index (χ0v) is 22.7. The minimum atomic E-state index is -0.969. The molecule has 3 aromatic rings. The number of aromatic amines is 1. The molecule has 0 spiro atoms. The third-order valence-corrected chi connectivity index (χ3v) is 8.14. The van der Waals surface area contributed by atoms with E-state index in [9.17, 15) is 19.2 Å². The number of carbonyl (C=O) groups is 4. The molecule has 40 heavy (non-hydrogen) atoms. The van der Waals surface area contributed by atoms with Crippen molar-refractivity contribution in [2.75, 3.05) is 19.6 Å². The predicted octanol–water partition coefficient (Wildman–Crippen LogP) is 0.808. The number of likely N-dealkylation sites (tertiary alicyclic amines) is 1. The van der Waals surface area contributed by atoms with E-state index in [1.54, 1.807) is 34.8 Å². The number of nitrogens with two attached hydrogens (primary N) is 1. The van der Waals surface area contributed by atoms with E-state index >= 15 is 0 Å². The van der Waals surface area contributed by atoms with Crippen LogP contribution in [0.3, 0.4) is 0 Å². The number of hydrogen-bond acceptors (Lipinski definition) is 5. The van der Waals surface area contributed by atoms with Crippen LogP contribution >= 0.6 is 0 Å². The van der Waals surface area contributed by atoms with E-state index in [0.29, 0.717) is 18.7 Å². The number of nitrogens with one attached hydrogen (secondary N) is 4. The number of H-pyrrole nitrogens is 1. The first kappa shape index (κ1) is 27.4. The van der Waals surface area contributed by atoms with Crippen molar-refractivity contribution in [1.82, 2.24) is 30.4 Å². The van der Waals surface area contributed by atoms with E-state index in [1.165, 1.54) is 0 Å². The summed E-state index contributed by atoms with van der Waals surface area (Å²) in [5.41, 5.74) is 7.97. The molecule has 4 amide bonds. The van der Waals surface area contributed by atoms with Gasteiger partial charge in [0.05, 0.1) is 0 Å². The number of amides is 4. The highest BCUT2D eigenvalue weighted by molar-refractivity contribution is 5.98. The highest BCUT2D eigenvalue weighted by atomic mass is 16.2. The molecule has 3 unspecified atom stereocenters. The first-order valence-electron chi connectivity index (χ1n) is 13.9. The molecule has 2 saturated heterocycles. The third-order valence-electron chi connectivity index (χ3n) is 8.14. The lowest BCUT2D eigenvalue weighted by Crippen LogP contribution is -2.60. The van der Waals surface area contributed by atoms with Crippen LogP contribution in [0, 0.1) is 5.92 Å². The fourth-order valence-electron chi connectivity index (χ4n) is 5.83. The Morgan fingerprint density at radius 3 is 2.55 bits per heavy atom. The van der Waals surface area contributed by atoms with Gasteiger partial charge in [-0.15, -0.1) is 0 Å². The molecule has 0 saturated carbocycles. The van der Waals surface area contributed by atoms with Crippen molar-refractivity contribution in [3.63, 3.8) is 0 Å². The first-order valence-corrected chi connectivity index (χ1v) is 13.9. The summed E-state index contributed by atoms with van der Waals surface area (Å²) in [5, 5.41) is 10.2. The van der Waals surface area contributed by atoms with Crippen molar-refractivity contribution >= 4 is 34.5 Å². The van der Waals surface area contributed by atoms with Gasteiger partial charge in [0.25, 0.3) is 5.91 Å². The summed E-state index contributed by atoms with van der Waals surface area (Å²) in [4.78, 5) is 57.4. The number of nitrogens with zero attached hydrogens (tertiary/aromatic N) is 2. The van der Waals surface area contributed by atoms with Crippen molar-refractivity contribution < 1.29 is 19.2 Å². The number of aromatic nitrogens is 2. The Labute approximate surface area is 232 Å². The van der Waals surface area contributed by atoms with Gasteiger partial charge in [-0.2, -0.15) is 0 Å². The lowest BCUT2D eigenvalue weighted by molar-refractivity contribution is -0.132. The van der Waals surface area contributed by atoms with Gasteiger partial charge in [0, 0.05) is 55.3 Å². The van der Waals surface area contributed by atoms with Gasteiger partial charge in [-0.3, -0.25) is 19.2 Å². The zero-order chi connectivity index (χ0) is 28.2. The SMILES string of the molecule is Cn1cccc1C(=O)N1CCC(NC(=O)C2CCNCC2)CC1C(=O)NC(Cc1c[nH]c2ccccc12)C(N)=O. The minimum Gasteiger partial charge on any atom is -0.368 e. The molecule has 2 aliphatic rings. The standard InChI is InChI=1S/C29H37N7O4/c1-35-13-4-7-24(35)29(40)36-14-10-20(33-27(38)18-8-11-31-12-9-18)16-25(36)28(39)34-23(26(30)37)15-19-17-32-22-6-3-2-5-21(19)22/h2-7,13,17-18,20,23,25,31-32H,8-12,14-16H2,1H3,(H2,30,37)(H,33,38)(H,34,39). The topological polar surface area (TPSA) is 154 Å². The minimum absolute atomic E-state index is 0.0118. The molecule has 11 heteroatoms. The number of para-hydroxylation sites is 1. The van der Waals surface area contributed by atoms with Crippen molar-refractivity contribution in [3.8, 4) is 0 Å². The quantitative estimate of drug-likeness (QED) is 0.282. The van der Waals surface area contributed by atoms with Gasteiger partial charge < -0.3 is 36.1 Å². The van der Waals surface area contributed by atoms with Crippen LogP contribution < -0.4 is 21.7 Å². The van der Waals surface area contributed by atoms with Crippen LogP contribution in [0.4, 0.5) is 0 Å². The second-order valence-electron chi connectivity index (χ2n) is 10.8. The van der Waals surface area contributed by atoms with Crippen LogP contribution in [0.5, 0.6) is 0 Å². The summed E-state index contributed by atoms with van der Waals surface area (Å²) in [6.45, 7) is 1.90. The van der Waals surface area contributed by atoms with Crippen molar-refractivity contribution in [3.05, 3.63) is 60.0 Å². The average molecular weight is 548 g/mol. The largest absolute Gasteiger partial charge is 0.368 e. The molecule has 0 radical (unpaired) electrons. The molecule has 11 nitrogen and oxygen atoms in total. The van der Waals surface area contributed by atoms with Crippen molar-refractivity contribution in [2.24, 2.45) is 18.7 Å². The zero-order valence-electron chi connectivity index (χ0n) is 22.7. The summed E-state index contributed by atoms with van der Waals surface area (Å²) in [5.74, 6) is -1.48. The molecule has 2 aliphatic heterocycles. The average Bonchev–Trinajstić information content (AvgIpc) is 3.58. The van der Waals surface area contributed by atoms with E-state index in [1.807, 2.05) is 30.5 Å². The molecular weight excluding hydrogens is 510 g/mol. The smallest absolute Gasteiger partial charge is 0.271 e. The fourth-order valence-corrected chi connectivity index (χ4v) is 5.83. The predicted molar refractivity (Wildman–Crippen MR) is 150 cm³/mol. The summed E-state index contributed by atoms with van der Waals surface area (Å²) in [6, 6.07) is 9.08. The normalized spacial score (nSPS) is 20.7. The van der Waals surface area contributed by atoms with Crippen LogP contribution in [-0.4, -0.2) is 75.8 Å². The second kappa shape index (κ2) is 12.0. The maximum atomic E-state index is 13.8. The van der Waals surface area contributed by atoms with Crippen LogP contribution in [0.1, 0.15) is 41.7 Å². The van der Waals surface area contributed by atoms with Crippen LogP contribution in [-0.2, 0) is 27.9 Å². The summed E-state index contributed by atoms with van der Waals surface area (Å²) in [7, 11) is 1.78. The number of primary amides is 1. The Morgan fingerprint density at radius 1 is 1.05 bits per heavy atom. The molecule has 5 rings (SSSR count). The van der Waals surface area contributed by atoms with Gasteiger partial charge in [0.15, 0.2) is 0 Å². The molecule has 2 fully saturated rings.